The summed E-state index contributed by atoms with van der Waals surface area (Å²) in [5.74, 6) is -3.17. The lowest BCUT2D eigenvalue weighted by molar-refractivity contribution is -0.140. The van der Waals surface area contributed by atoms with Crippen LogP contribution in [0.5, 0.6) is 0 Å². The summed E-state index contributed by atoms with van der Waals surface area (Å²) in [7, 11) is 1.26. The van der Waals surface area contributed by atoms with E-state index in [1.807, 2.05) is 0 Å². The average Bonchev–Trinajstić information content (AvgIpc) is 2.71. The van der Waals surface area contributed by atoms with Crippen molar-refractivity contribution in [2.45, 2.75) is 13.8 Å². The van der Waals surface area contributed by atoms with Gasteiger partial charge < -0.3 is 15.2 Å². The fraction of sp³-hybridized carbons (Fsp3) is 0.462. The minimum absolute atomic E-state index is 0.297. The van der Waals surface area contributed by atoms with Gasteiger partial charge in [0.1, 0.15) is 4.88 Å². The zero-order valence-corrected chi connectivity index (χ0v) is 12.1. The van der Waals surface area contributed by atoms with Crippen LogP contribution in [0.1, 0.15) is 23.5 Å². The van der Waals surface area contributed by atoms with Gasteiger partial charge in [-0.15, -0.1) is 11.3 Å². The number of hydrogen-bond acceptors (Lipinski definition) is 5. The van der Waals surface area contributed by atoms with Gasteiger partial charge in [0.25, 0.3) is 0 Å². The Balaban J connectivity index is 2.13. The van der Waals surface area contributed by atoms with Crippen LogP contribution in [0, 0.1) is 17.3 Å². The van der Waals surface area contributed by atoms with E-state index in [0.29, 0.717) is 10.6 Å². The summed E-state index contributed by atoms with van der Waals surface area (Å²) in [6.45, 7) is 3.48. The predicted molar refractivity (Wildman–Crippen MR) is 72.7 cm³/mol. The second-order valence-corrected chi connectivity index (χ2v) is 6.18. The van der Waals surface area contributed by atoms with Crippen LogP contribution in [0.4, 0.5) is 5.69 Å². The molecule has 6 nitrogen and oxygen atoms in total. The number of ether oxygens (including phenoxy) is 1. The molecule has 1 amide bonds. The smallest absolute Gasteiger partial charge is 0.350 e. The molecule has 1 aromatic heterocycles. The number of thiophene rings is 1. The summed E-state index contributed by atoms with van der Waals surface area (Å²) in [4.78, 5) is 35.0. The van der Waals surface area contributed by atoms with E-state index in [-0.39, 0.29) is 5.91 Å². The Morgan fingerprint density at radius 1 is 1.35 bits per heavy atom. The first-order valence-electron chi connectivity index (χ1n) is 6.00. The molecule has 0 radical (unpaired) electrons. The molecule has 1 aromatic rings. The molecule has 2 atom stereocenters. The normalized spacial score (nSPS) is 22.9. The highest BCUT2D eigenvalue weighted by Gasteiger charge is 2.65. The third kappa shape index (κ3) is 2.29. The van der Waals surface area contributed by atoms with E-state index in [4.69, 9.17) is 5.11 Å². The highest BCUT2D eigenvalue weighted by Crippen LogP contribution is 2.58. The summed E-state index contributed by atoms with van der Waals surface area (Å²) in [5, 5.41) is 13.3. The van der Waals surface area contributed by atoms with E-state index >= 15 is 0 Å². The molecule has 0 unspecified atom stereocenters. The van der Waals surface area contributed by atoms with Gasteiger partial charge in [0, 0.05) is 0 Å². The van der Waals surface area contributed by atoms with Crippen molar-refractivity contribution in [3.05, 3.63) is 16.3 Å². The molecule has 1 aliphatic carbocycles. The van der Waals surface area contributed by atoms with Gasteiger partial charge in [-0.2, -0.15) is 0 Å². The van der Waals surface area contributed by atoms with Crippen molar-refractivity contribution < 1.29 is 24.2 Å². The Morgan fingerprint density at radius 3 is 2.50 bits per heavy atom. The summed E-state index contributed by atoms with van der Waals surface area (Å²) in [6.07, 6.45) is 0. The second-order valence-electron chi connectivity index (χ2n) is 5.26. The SMILES string of the molecule is COC(=O)c1sccc1NC(=O)[C@@H]1[C@@H](C(=O)O)C1(C)C. The van der Waals surface area contributed by atoms with E-state index in [1.165, 1.54) is 7.11 Å². The maximum absolute atomic E-state index is 12.1. The first-order chi connectivity index (χ1) is 9.30. The Hall–Kier alpha value is -1.89. The molecule has 1 saturated carbocycles. The second kappa shape index (κ2) is 4.90. The largest absolute Gasteiger partial charge is 0.481 e. The zero-order valence-electron chi connectivity index (χ0n) is 11.3. The van der Waals surface area contributed by atoms with Crippen molar-refractivity contribution in [1.29, 1.82) is 0 Å². The number of methoxy groups -OCH3 is 1. The molecule has 0 aromatic carbocycles. The van der Waals surface area contributed by atoms with Crippen LogP contribution in [0.15, 0.2) is 11.4 Å². The van der Waals surface area contributed by atoms with E-state index < -0.39 is 29.2 Å². The van der Waals surface area contributed by atoms with Gasteiger partial charge >= 0.3 is 11.9 Å². The quantitative estimate of drug-likeness (QED) is 0.827. The monoisotopic (exact) mass is 297 g/mol. The highest BCUT2D eigenvalue weighted by molar-refractivity contribution is 7.12. The lowest BCUT2D eigenvalue weighted by Gasteiger charge is -2.06. The maximum Gasteiger partial charge on any atom is 0.350 e. The number of rotatable bonds is 4. The van der Waals surface area contributed by atoms with E-state index in [9.17, 15) is 14.4 Å². The van der Waals surface area contributed by atoms with Crippen LogP contribution in [-0.2, 0) is 14.3 Å². The molecule has 0 aliphatic heterocycles. The molecule has 0 saturated heterocycles. The van der Waals surface area contributed by atoms with Crippen molar-refractivity contribution in [1.82, 2.24) is 0 Å². The lowest BCUT2D eigenvalue weighted by Crippen LogP contribution is -2.18. The van der Waals surface area contributed by atoms with Crippen LogP contribution in [0.25, 0.3) is 0 Å². The molecule has 2 rings (SSSR count). The van der Waals surface area contributed by atoms with Crippen molar-refractivity contribution in [3.63, 3.8) is 0 Å². The standard InChI is InChI=1S/C13H15NO5S/c1-13(2)7(8(13)11(16)17)10(15)14-6-4-5-20-9(6)12(18)19-3/h4-5,7-8H,1-3H3,(H,14,15)(H,16,17)/t7-,8-/m0/s1. The number of anilines is 1. The van der Waals surface area contributed by atoms with Crippen LogP contribution in [-0.4, -0.2) is 30.1 Å². The Kier molecular flexibility index (Phi) is 3.56. The lowest BCUT2D eigenvalue weighted by atomic mass is 10.1. The maximum atomic E-state index is 12.1. The Morgan fingerprint density at radius 2 is 2.00 bits per heavy atom. The minimum Gasteiger partial charge on any atom is -0.481 e. The molecule has 20 heavy (non-hydrogen) atoms. The minimum atomic E-state index is -0.978. The van der Waals surface area contributed by atoms with Crippen LogP contribution >= 0.6 is 11.3 Å². The molecule has 2 N–H and O–H groups in total. The topological polar surface area (TPSA) is 92.7 Å². The molecular formula is C13H15NO5S. The number of amides is 1. The van der Waals surface area contributed by atoms with Gasteiger partial charge in [0.15, 0.2) is 0 Å². The van der Waals surface area contributed by atoms with Crippen molar-refractivity contribution in [2.24, 2.45) is 17.3 Å². The predicted octanol–water partition coefficient (Wildman–Crippen LogP) is 1.83. The third-order valence-electron chi connectivity index (χ3n) is 3.67. The number of carboxylic acid groups (broad SMARTS) is 1. The number of nitrogens with one attached hydrogen (secondary N) is 1. The Bertz CT molecular complexity index is 577. The molecule has 1 fully saturated rings. The van der Waals surface area contributed by atoms with Crippen molar-refractivity contribution in [3.8, 4) is 0 Å². The average molecular weight is 297 g/mol. The third-order valence-corrected chi connectivity index (χ3v) is 4.56. The molecule has 1 heterocycles. The van der Waals surface area contributed by atoms with Gasteiger partial charge in [-0.05, 0) is 16.9 Å². The van der Waals surface area contributed by atoms with Gasteiger partial charge in [0.2, 0.25) is 5.91 Å². The summed E-state index contributed by atoms with van der Waals surface area (Å²) >= 11 is 1.16. The number of aliphatic carboxylic acids is 1. The highest BCUT2D eigenvalue weighted by atomic mass is 32.1. The van der Waals surface area contributed by atoms with E-state index in [0.717, 1.165) is 11.3 Å². The van der Waals surface area contributed by atoms with Crippen LogP contribution in [0.2, 0.25) is 0 Å². The van der Waals surface area contributed by atoms with Gasteiger partial charge in [-0.25, -0.2) is 4.79 Å². The molecule has 0 bridgehead atoms. The van der Waals surface area contributed by atoms with Crippen LogP contribution < -0.4 is 5.32 Å². The summed E-state index contributed by atoms with van der Waals surface area (Å²) in [6, 6.07) is 1.60. The van der Waals surface area contributed by atoms with Gasteiger partial charge in [0.05, 0.1) is 24.6 Å². The molecule has 7 heteroatoms. The Labute approximate surface area is 119 Å². The number of hydrogen-bond donors (Lipinski definition) is 2. The molecule has 1 aliphatic rings. The van der Waals surface area contributed by atoms with Crippen LogP contribution in [0.3, 0.4) is 0 Å². The zero-order chi connectivity index (χ0) is 15.1. The van der Waals surface area contributed by atoms with E-state index in [2.05, 4.69) is 10.1 Å². The fourth-order valence-corrected chi connectivity index (χ4v) is 3.22. The molecule has 0 spiro atoms. The van der Waals surface area contributed by atoms with Gasteiger partial charge in [-0.1, -0.05) is 13.8 Å². The first-order valence-corrected chi connectivity index (χ1v) is 6.88. The number of carbonyl (C=O) groups excluding carboxylic acids is 2. The van der Waals surface area contributed by atoms with Gasteiger partial charge in [-0.3, -0.25) is 9.59 Å². The van der Waals surface area contributed by atoms with Crippen molar-refractivity contribution in [2.75, 3.05) is 12.4 Å². The molecular weight excluding hydrogens is 282 g/mol. The first kappa shape index (κ1) is 14.5. The number of carbonyl (C=O) groups is 3. The summed E-state index contributed by atoms with van der Waals surface area (Å²) in [5.41, 5.74) is -0.212. The number of esters is 1. The van der Waals surface area contributed by atoms with E-state index in [1.54, 1.807) is 25.3 Å². The fourth-order valence-electron chi connectivity index (χ4n) is 2.46. The molecule has 108 valence electrons. The number of carboxylic acids is 1. The summed E-state index contributed by atoms with van der Waals surface area (Å²) < 4.78 is 4.62. The van der Waals surface area contributed by atoms with Crippen molar-refractivity contribution >= 4 is 34.9 Å².